The standard InChI is InChI=1S/C72H140O17P2/c1-8-11-12-13-14-15-24-32-39-46-53-69(74)82-60-68(89-72(77)56-49-42-35-28-27-31-38-45-52-65(7)10-3)62-87-91(80,81)85-58-66(73)57-84-90(78,79)86-61-67(59-83-70(75)54-47-40-33-25-21-20-23-30-37-44-51-64(6)9-2)88-71(76)55-48-41-34-26-19-17-16-18-22-29-36-43-50-63(4)5/h63-68,73H,8-62H2,1-7H3,(H,78,79)(H,80,81)/t64?,65?,66-,67-,68-/m1/s1. The molecule has 0 bridgehead atoms. The molecule has 91 heavy (non-hydrogen) atoms. The zero-order chi connectivity index (χ0) is 67.3. The van der Waals surface area contributed by atoms with Gasteiger partial charge in [0.05, 0.1) is 26.4 Å². The Kier molecular flexibility index (Phi) is 61.5. The summed E-state index contributed by atoms with van der Waals surface area (Å²) in [5, 5.41) is 10.6. The lowest BCUT2D eigenvalue weighted by molar-refractivity contribution is -0.161. The Balaban J connectivity index is 5.27. The molecule has 0 aromatic heterocycles. The third-order valence-electron chi connectivity index (χ3n) is 17.4. The first-order valence-electron chi connectivity index (χ1n) is 37.4. The van der Waals surface area contributed by atoms with E-state index in [0.29, 0.717) is 25.7 Å². The highest BCUT2D eigenvalue weighted by Gasteiger charge is 2.30. The van der Waals surface area contributed by atoms with E-state index in [1.54, 1.807) is 0 Å². The smallest absolute Gasteiger partial charge is 0.462 e. The van der Waals surface area contributed by atoms with Gasteiger partial charge in [-0.1, -0.05) is 312 Å². The summed E-state index contributed by atoms with van der Waals surface area (Å²) in [7, 11) is -9.90. The van der Waals surface area contributed by atoms with Crippen LogP contribution in [0.5, 0.6) is 0 Å². The number of aliphatic hydroxyl groups is 1. The maximum Gasteiger partial charge on any atom is 0.472 e. The van der Waals surface area contributed by atoms with E-state index in [1.807, 2.05) is 0 Å². The number of phosphoric ester groups is 2. The molecule has 0 aromatic rings. The summed E-state index contributed by atoms with van der Waals surface area (Å²) in [5.41, 5.74) is 0. The Hall–Kier alpha value is -1.94. The molecule has 0 spiro atoms. The van der Waals surface area contributed by atoms with E-state index in [-0.39, 0.29) is 25.7 Å². The Morgan fingerprint density at radius 2 is 0.560 bits per heavy atom. The predicted molar refractivity (Wildman–Crippen MR) is 368 cm³/mol. The SMILES string of the molecule is CCCCCCCCCCCCC(=O)OC[C@H](COP(=O)(O)OC[C@H](O)COP(=O)(O)OC[C@@H](COC(=O)CCCCCCCCCCCCC(C)CC)OC(=O)CCCCCCCCCCCCCCC(C)C)OC(=O)CCCCCCCCCCC(C)CC. The van der Waals surface area contributed by atoms with Crippen molar-refractivity contribution in [1.29, 1.82) is 0 Å². The summed E-state index contributed by atoms with van der Waals surface area (Å²) in [6.45, 7) is 11.9. The van der Waals surface area contributed by atoms with Crippen LogP contribution in [0.15, 0.2) is 0 Å². The van der Waals surface area contributed by atoms with Gasteiger partial charge in [-0.3, -0.25) is 37.3 Å². The molecule has 4 unspecified atom stereocenters. The topological polar surface area (TPSA) is 237 Å². The van der Waals surface area contributed by atoms with Gasteiger partial charge in [-0.15, -0.1) is 0 Å². The maximum absolute atomic E-state index is 13.0. The van der Waals surface area contributed by atoms with Gasteiger partial charge in [0.1, 0.15) is 19.3 Å². The van der Waals surface area contributed by atoms with Gasteiger partial charge in [-0.25, -0.2) is 9.13 Å². The molecule has 0 rings (SSSR count). The van der Waals surface area contributed by atoms with Gasteiger partial charge in [0.15, 0.2) is 12.2 Å². The van der Waals surface area contributed by atoms with Gasteiger partial charge in [-0.2, -0.15) is 0 Å². The lowest BCUT2D eigenvalue weighted by Crippen LogP contribution is -2.30. The number of aliphatic hydroxyl groups excluding tert-OH is 1. The summed E-state index contributed by atoms with van der Waals surface area (Å²) in [6, 6.07) is 0. The third kappa shape index (κ3) is 63.9. The Labute approximate surface area is 556 Å². The zero-order valence-electron chi connectivity index (χ0n) is 59.3. The maximum atomic E-state index is 13.0. The molecule has 3 N–H and O–H groups in total. The number of carbonyl (C=O) groups is 4. The Morgan fingerprint density at radius 3 is 0.835 bits per heavy atom. The highest BCUT2D eigenvalue weighted by atomic mass is 31.2. The quantitative estimate of drug-likeness (QED) is 0.0222. The molecule has 0 aromatic carbocycles. The molecule has 17 nitrogen and oxygen atoms in total. The van der Waals surface area contributed by atoms with E-state index in [9.17, 15) is 43.2 Å². The minimum atomic E-state index is -4.95. The molecule has 19 heteroatoms. The molecule has 0 fully saturated rings. The average molecular weight is 1340 g/mol. The van der Waals surface area contributed by atoms with E-state index in [0.717, 1.165) is 108 Å². The number of phosphoric acid groups is 2. The molecule has 0 aliphatic rings. The van der Waals surface area contributed by atoms with E-state index in [4.69, 9.17) is 37.0 Å². The summed E-state index contributed by atoms with van der Waals surface area (Å²) < 4.78 is 68.4. The van der Waals surface area contributed by atoms with Crippen molar-refractivity contribution < 1.29 is 80.2 Å². The fourth-order valence-electron chi connectivity index (χ4n) is 10.8. The molecule has 0 heterocycles. The van der Waals surface area contributed by atoms with Crippen molar-refractivity contribution in [1.82, 2.24) is 0 Å². The first-order valence-corrected chi connectivity index (χ1v) is 40.4. The number of hydrogen-bond acceptors (Lipinski definition) is 15. The van der Waals surface area contributed by atoms with Gasteiger partial charge in [-0.05, 0) is 43.4 Å². The number of carbonyl (C=O) groups excluding carboxylic acids is 4. The lowest BCUT2D eigenvalue weighted by Gasteiger charge is -2.21. The second-order valence-corrected chi connectivity index (χ2v) is 29.8. The van der Waals surface area contributed by atoms with Crippen LogP contribution >= 0.6 is 15.6 Å². The fourth-order valence-corrected chi connectivity index (χ4v) is 12.4. The third-order valence-corrected chi connectivity index (χ3v) is 19.3. The first kappa shape index (κ1) is 89.1. The summed E-state index contributed by atoms with van der Waals surface area (Å²) >= 11 is 0. The van der Waals surface area contributed by atoms with Crippen LogP contribution in [-0.2, 0) is 65.4 Å². The molecule has 0 saturated carbocycles. The van der Waals surface area contributed by atoms with Gasteiger partial charge in [0.2, 0.25) is 0 Å². The average Bonchev–Trinajstić information content (AvgIpc) is 2.38. The van der Waals surface area contributed by atoms with Crippen LogP contribution in [0.2, 0.25) is 0 Å². The lowest BCUT2D eigenvalue weighted by atomic mass is 9.99. The van der Waals surface area contributed by atoms with Crippen molar-refractivity contribution in [2.45, 2.75) is 381 Å². The molecular formula is C72H140O17P2. The number of hydrogen-bond donors (Lipinski definition) is 3. The van der Waals surface area contributed by atoms with Crippen molar-refractivity contribution in [3.05, 3.63) is 0 Å². The van der Waals surface area contributed by atoms with E-state index < -0.39 is 97.5 Å². The van der Waals surface area contributed by atoms with Gasteiger partial charge < -0.3 is 33.8 Å². The van der Waals surface area contributed by atoms with Gasteiger partial charge in [0.25, 0.3) is 0 Å². The van der Waals surface area contributed by atoms with Gasteiger partial charge >= 0.3 is 39.5 Å². The van der Waals surface area contributed by atoms with Crippen LogP contribution in [0.1, 0.15) is 363 Å². The van der Waals surface area contributed by atoms with Crippen LogP contribution in [0.25, 0.3) is 0 Å². The van der Waals surface area contributed by atoms with Crippen molar-refractivity contribution >= 4 is 39.5 Å². The fraction of sp³-hybridized carbons (Fsp3) is 0.944. The summed E-state index contributed by atoms with van der Waals surface area (Å²) in [6.07, 6.45) is 47.0. The predicted octanol–water partition coefficient (Wildman–Crippen LogP) is 20.6. The second-order valence-electron chi connectivity index (χ2n) is 26.9. The summed E-state index contributed by atoms with van der Waals surface area (Å²) in [4.78, 5) is 72.6. The largest absolute Gasteiger partial charge is 0.472 e. The Bertz CT molecular complexity index is 1790. The molecular weight excluding hydrogens is 1200 g/mol. The van der Waals surface area contributed by atoms with E-state index in [1.165, 1.54) is 173 Å². The monoisotopic (exact) mass is 1340 g/mol. The van der Waals surface area contributed by atoms with Crippen LogP contribution in [0.4, 0.5) is 0 Å². The van der Waals surface area contributed by atoms with Crippen LogP contribution in [0, 0.1) is 17.8 Å². The first-order chi connectivity index (χ1) is 43.8. The number of unbranched alkanes of at least 4 members (excludes halogenated alkanes) is 36. The summed E-state index contributed by atoms with van der Waals surface area (Å²) in [5.74, 6) is 0.232. The second kappa shape index (κ2) is 62.8. The zero-order valence-corrected chi connectivity index (χ0v) is 61.1. The van der Waals surface area contributed by atoms with Crippen molar-refractivity contribution in [3.8, 4) is 0 Å². The molecule has 540 valence electrons. The molecule has 0 amide bonds. The Morgan fingerprint density at radius 1 is 0.319 bits per heavy atom. The normalized spacial score (nSPS) is 14.8. The van der Waals surface area contributed by atoms with Crippen LogP contribution in [0.3, 0.4) is 0 Å². The molecule has 0 aliphatic carbocycles. The number of ether oxygens (including phenoxy) is 4. The molecule has 0 aliphatic heterocycles. The van der Waals surface area contributed by atoms with Crippen molar-refractivity contribution in [2.24, 2.45) is 17.8 Å². The number of esters is 4. The van der Waals surface area contributed by atoms with Crippen LogP contribution < -0.4 is 0 Å². The molecule has 7 atom stereocenters. The van der Waals surface area contributed by atoms with Crippen molar-refractivity contribution in [3.63, 3.8) is 0 Å². The molecule has 0 saturated heterocycles. The molecule has 0 radical (unpaired) electrons. The minimum Gasteiger partial charge on any atom is -0.462 e. The highest BCUT2D eigenvalue weighted by molar-refractivity contribution is 7.47. The van der Waals surface area contributed by atoms with Gasteiger partial charge in [0, 0.05) is 25.7 Å². The number of rotatable bonds is 70. The minimum absolute atomic E-state index is 0.105. The van der Waals surface area contributed by atoms with E-state index >= 15 is 0 Å². The van der Waals surface area contributed by atoms with E-state index in [2.05, 4.69) is 48.5 Å². The highest BCUT2D eigenvalue weighted by Crippen LogP contribution is 2.45. The van der Waals surface area contributed by atoms with Crippen LogP contribution in [-0.4, -0.2) is 96.7 Å². The van der Waals surface area contributed by atoms with Crippen molar-refractivity contribution in [2.75, 3.05) is 39.6 Å².